The van der Waals surface area contributed by atoms with Gasteiger partial charge in [0.1, 0.15) is 6.61 Å². The normalized spacial score (nSPS) is 12.7. The van der Waals surface area contributed by atoms with E-state index in [0.29, 0.717) is 30.2 Å². The maximum Gasteiger partial charge on any atom is 0.250 e. The van der Waals surface area contributed by atoms with Gasteiger partial charge in [-0.1, -0.05) is 18.2 Å². The van der Waals surface area contributed by atoms with E-state index in [1.165, 1.54) is 0 Å². The molecule has 1 N–H and O–H groups in total. The van der Waals surface area contributed by atoms with E-state index in [-0.39, 0.29) is 12.5 Å². The van der Waals surface area contributed by atoms with Crippen molar-refractivity contribution >= 4 is 12.0 Å². The van der Waals surface area contributed by atoms with Crippen LogP contribution in [0.15, 0.2) is 48.3 Å². The summed E-state index contributed by atoms with van der Waals surface area (Å²) in [5.41, 5.74) is 2.40. The molecule has 0 bridgehead atoms. The van der Waals surface area contributed by atoms with Crippen molar-refractivity contribution in [2.24, 2.45) is 0 Å². The van der Waals surface area contributed by atoms with E-state index in [2.05, 4.69) is 10.3 Å². The van der Waals surface area contributed by atoms with Gasteiger partial charge in [0.2, 0.25) is 0 Å². The van der Waals surface area contributed by atoms with Crippen LogP contribution in [0, 0.1) is 0 Å². The molecule has 0 unspecified atom stereocenters. The zero-order valence-corrected chi connectivity index (χ0v) is 12.9. The minimum Gasteiger partial charge on any atom is -0.490 e. The van der Waals surface area contributed by atoms with Gasteiger partial charge in [-0.05, 0) is 30.7 Å². The van der Waals surface area contributed by atoms with Crippen LogP contribution < -0.4 is 14.8 Å². The maximum atomic E-state index is 12.3. The Labute approximate surface area is 135 Å². The number of benzene rings is 1. The van der Waals surface area contributed by atoms with E-state index in [1.54, 1.807) is 12.4 Å². The number of pyridine rings is 1. The summed E-state index contributed by atoms with van der Waals surface area (Å²) in [4.78, 5) is 16.3. The van der Waals surface area contributed by atoms with Crippen LogP contribution in [-0.4, -0.2) is 24.1 Å². The molecular formula is C18H18N2O3. The van der Waals surface area contributed by atoms with Crippen LogP contribution >= 0.6 is 0 Å². The third kappa shape index (κ3) is 3.51. The van der Waals surface area contributed by atoms with Gasteiger partial charge < -0.3 is 14.8 Å². The van der Waals surface area contributed by atoms with E-state index in [0.717, 1.165) is 11.1 Å². The van der Waals surface area contributed by atoms with Crippen LogP contribution in [0.25, 0.3) is 6.08 Å². The Bertz CT molecular complexity index is 726. The second-order valence-corrected chi connectivity index (χ2v) is 5.11. The SMILES string of the molecule is CCOc1cccc2c1OCC(C(=O)NCc1cccnc1)=C2. The predicted octanol–water partition coefficient (Wildman–Crippen LogP) is 2.57. The van der Waals surface area contributed by atoms with Gasteiger partial charge in [0.15, 0.2) is 11.5 Å². The fourth-order valence-electron chi connectivity index (χ4n) is 2.38. The lowest BCUT2D eigenvalue weighted by atomic mass is 10.1. The number of para-hydroxylation sites is 1. The van der Waals surface area contributed by atoms with Gasteiger partial charge in [-0.3, -0.25) is 9.78 Å². The van der Waals surface area contributed by atoms with Crippen LogP contribution in [0.2, 0.25) is 0 Å². The fourth-order valence-corrected chi connectivity index (χ4v) is 2.38. The van der Waals surface area contributed by atoms with Crippen molar-refractivity contribution in [3.05, 3.63) is 59.4 Å². The summed E-state index contributed by atoms with van der Waals surface area (Å²) in [5, 5.41) is 2.88. The van der Waals surface area contributed by atoms with Crippen molar-refractivity contribution in [2.75, 3.05) is 13.2 Å². The van der Waals surface area contributed by atoms with Crippen molar-refractivity contribution < 1.29 is 14.3 Å². The average molecular weight is 310 g/mol. The van der Waals surface area contributed by atoms with Crippen molar-refractivity contribution in [3.8, 4) is 11.5 Å². The molecule has 3 rings (SSSR count). The number of carbonyl (C=O) groups excluding carboxylic acids is 1. The lowest BCUT2D eigenvalue weighted by molar-refractivity contribution is -0.117. The molecule has 1 amide bonds. The van der Waals surface area contributed by atoms with E-state index < -0.39 is 0 Å². The lowest BCUT2D eigenvalue weighted by Gasteiger charge is -2.20. The highest BCUT2D eigenvalue weighted by molar-refractivity contribution is 5.99. The number of ether oxygens (including phenoxy) is 2. The van der Waals surface area contributed by atoms with Crippen LogP contribution in [0.3, 0.4) is 0 Å². The molecule has 1 aromatic heterocycles. The van der Waals surface area contributed by atoms with Crippen LogP contribution in [0.1, 0.15) is 18.1 Å². The molecule has 0 aliphatic carbocycles. The van der Waals surface area contributed by atoms with Crippen molar-refractivity contribution in [1.82, 2.24) is 10.3 Å². The summed E-state index contributed by atoms with van der Waals surface area (Å²) in [6.45, 7) is 3.17. The first-order valence-electron chi connectivity index (χ1n) is 7.54. The van der Waals surface area contributed by atoms with Crippen LogP contribution in [-0.2, 0) is 11.3 Å². The highest BCUT2D eigenvalue weighted by Gasteiger charge is 2.20. The number of hydrogen-bond donors (Lipinski definition) is 1. The minimum atomic E-state index is -0.138. The third-order valence-electron chi connectivity index (χ3n) is 3.48. The van der Waals surface area contributed by atoms with Gasteiger partial charge in [-0.15, -0.1) is 0 Å². The average Bonchev–Trinajstić information content (AvgIpc) is 2.60. The summed E-state index contributed by atoms with van der Waals surface area (Å²) in [5.74, 6) is 1.26. The van der Waals surface area contributed by atoms with Crippen LogP contribution in [0.5, 0.6) is 11.5 Å². The molecule has 0 spiro atoms. The predicted molar refractivity (Wildman–Crippen MR) is 87.2 cm³/mol. The second-order valence-electron chi connectivity index (χ2n) is 5.11. The molecule has 1 aromatic carbocycles. The molecule has 2 heterocycles. The molecule has 1 aliphatic heterocycles. The zero-order valence-electron chi connectivity index (χ0n) is 12.9. The number of carbonyl (C=O) groups is 1. The number of hydrogen-bond acceptors (Lipinski definition) is 4. The molecular weight excluding hydrogens is 292 g/mol. The van der Waals surface area contributed by atoms with Gasteiger partial charge in [0.05, 0.1) is 12.2 Å². The van der Waals surface area contributed by atoms with E-state index in [1.807, 2.05) is 43.3 Å². The molecule has 0 fully saturated rings. The Morgan fingerprint density at radius 3 is 3.04 bits per heavy atom. The van der Waals surface area contributed by atoms with E-state index in [9.17, 15) is 4.79 Å². The molecule has 0 radical (unpaired) electrons. The summed E-state index contributed by atoms with van der Waals surface area (Å²) in [6, 6.07) is 9.42. The first-order chi connectivity index (χ1) is 11.3. The third-order valence-corrected chi connectivity index (χ3v) is 3.48. The van der Waals surface area contributed by atoms with Crippen molar-refractivity contribution in [1.29, 1.82) is 0 Å². The number of amides is 1. The summed E-state index contributed by atoms with van der Waals surface area (Å²) in [7, 11) is 0. The maximum absolute atomic E-state index is 12.3. The number of fused-ring (bicyclic) bond motifs is 1. The molecule has 5 nitrogen and oxygen atoms in total. The van der Waals surface area contributed by atoms with E-state index >= 15 is 0 Å². The Morgan fingerprint density at radius 1 is 1.35 bits per heavy atom. The fraction of sp³-hybridized carbons (Fsp3) is 0.222. The van der Waals surface area contributed by atoms with Gasteiger partial charge >= 0.3 is 0 Å². The largest absolute Gasteiger partial charge is 0.490 e. The Morgan fingerprint density at radius 2 is 2.26 bits per heavy atom. The quantitative estimate of drug-likeness (QED) is 0.922. The highest BCUT2D eigenvalue weighted by Crippen LogP contribution is 2.35. The lowest BCUT2D eigenvalue weighted by Crippen LogP contribution is -2.28. The molecule has 0 saturated heterocycles. The number of nitrogens with zero attached hydrogens (tertiary/aromatic N) is 1. The Kier molecular flexibility index (Phi) is 4.57. The Hall–Kier alpha value is -2.82. The number of aromatic nitrogens is 1. The number of nitrogens with one attached hydrogen (secondary N) is 1. The molecule has 2 aromatic rings. The van der Waals surface area contributed by atoms with Gasteiger partial charge in [-0.2, -0.15) is 0 Å². The van der Waals surface area contributed by atoms with Crippen LogP contribution in [0.4, 0.5) is 0 Å². The highest BCUT2D eigenvalue weighted by atomic mass is 16.5. The first kappa shape index (κ1) is 15.1. The molecule has 5 heteroatoms. The monoisotopic (exact) mass is 310 g/mol. The molecule has 0 saturated carbocycles. The summed E-state index contributed by atoms with van der Waals surface area (Å²) in [6.07, 6.45) is 5.28. The summed E-state index contributed by atoms with van der Waals surface area (Å²) >= 11 is 0. The first-order valence-corrected chi connectivity index (χ1v) is 7.54. The van der Waals surface area contributed by atoms with Gasteiger partial charge in [0.25, 0.3) is 5.91 Å². The Balaban J connectivity index is 1.71. The van der Waals surface area contributed by atoms with Gasteiger partial charge in [-0.25, -0.2) is 0 Å². The molecule has 118 valence electrons. The van der Waals surface area contributed by atoms with E-state index in [4.69, 9.17) is 9.47 Å². The van der Waals surface area contributed by atoms with Crippen molar-refractivity contribution in [2.45, 2.75) is 13.5 Å². The zero-order chi connectivity index (χ0) is 16.1. The standard InChI is InChI=1S/C18H18N2O3/c1-2-22-16-7-3-6-14-9-15(12-23-17(14)16)18(21)20-11-13-5-4-8-19-10-13/h3-10H,2,11-12H2,1H3,(H,20,21). The minimum absolute atomic E-state index is 0.138. The molecule has 1 aliphatic rings. The van der Waals surface area contributed by atoms with Crippen molar-refractivity contribution in [3.63, 3.8) is 0 Å². The molecule has 23 heavy (non-hydrogen) atoms. The number of rotatable bonds is 5. The topological polar surface area (TPSA) is 60.5 Å². The summed E-state index contributed by atoms with van der Waals surface area (Å²) < 4.78 is 11.3. The molecule has 0 atom stereocenters. The second kappa shape index (κ2) is 6.96. The van der Waals surface area contributed by atoms with Gasteiger partial charge in [0, 0.05) is 24.5 Å². The smallest absolute Gasteiger partial charge is 0.250 e.